The highest BCUT2D eigenvalue weighted by Gasteiger charge is 2.29. The van der Waals surface area contributed by atoms with Crippen LogP contribution in [0.4, 0.5) is 0 Å². The maximum atomic E-state index is 12.8. The first-order valence-corrected chi connectivity index (χ1v) is 8.95. The van der Waals surface area contributed by atoms with Crippen molar-refractivity contribution in [2.45, 2.75) is 19.4 Å². The van der Waals surface area contributed by atoms with E-state index in [-0.39, 0.29) is 12.5 Å². The van der Waals surface area contributed by atoms with Gasteiger partial charge in [-0.1, -0.05) is 30.3 Å². The average molecular weight is 369 g/mol. The lowest BCUT2D eigenvalue weighted by molar-refractivity contribution is -0.143. The van der Waals surface area contributed by atoms with E-state index in [4.69, 9.17) is 9.47 Å². The maximum absolute atomic E-state index is 12.8. The molecule has 1 saturated heterocycles. The van der Waals surface area contributed by atoms with Crippen molar-refractivity contribution in [1.82, 2.24) is 4.90 Å². The number of carbonyl (C=O) groups is 2. The van der Waals surface area contributed by atoms with Crippen LogP contribution < -0.4 is 9.47 Å². The molecule has 3 rings (SSSR count). The number of carboxylic acid groups (broad SMARTS) is 1. The van der Waals surface area contributed by atoms with Gasteiger partial charge in [0.2, 0.25) is 0 Å². The van der Waals surface area contributed by atoms with Crippen molar-refractivity contribution in [2.75, 3.05) is 20.2 Å². The zero-order valence-corrected chi connectivity index (χ0v) is 15.3. The Labute approximate surface area is 158 Å². The highest BCUT2D eigenvalue weighted by molar-refractivity contribution is 5.95. The molecule has 6 nitrogen and oxygen atoms in total. The van der Waals surface area contributed by atoms with Gasteiger partial charge < -0.3 is 19.5 Å². The number of methoxy groups -OCH3 is 1. The van der Waals surface area contributed by atoms with Crippen molar-refractivity contribution in [3.8, 4) is 11.5 Å². The lowest BCUT2D eigenvalue weighted by atomic mass is 9.97. The van der Waals surface area contributed by atoms with Gasteiger partial charge in [0, 0.05) is 18.7 Å². The minimum atomic E-state index is -0.852. The SMILES string of the molecule is COc1cc(C(=O)N2CCC[C@H](C(=O)O)C2)ccc1OCc1ccccc1. The van der Waals surface area contributed by atoms with Crippen LogP contribution in [-0.2, 0) is 11.4 Å². The zero-order valence-electron chi connectivity index (χ0n) is 15.3. The van der Waals surface area contributed by atoms with Crippen LogP contribution in [0.15, 0.2) is 48.5 Å². The molecule has 0 radical (unpaired) electrons. The van der Waals surface area contributed by atoms with E-state index < -0.39 is 11.9 Å². The van der Waals surface area contributed by atoms with Crippen LogP contribution in [0.2, 0.25) is 0 Å². The number of carboxylic acids is 1. The molecule has 1 aliphatic rings. The minimum Gasteiger partial charge on any atom is -0.493 e. The van der Waals surface area contributed by atoms with Gasteiger partial charge in [0.1, 0.15) is 6.61 Å². The smallest absolute Gasteiger partial charge is 0.308 e. The number of ether oxygens (including phenoxy) is 2. The van der Waals surface area contributed by atoms with Crippen LogP contribution in [0.5, 0.6) is 11.5 Å². The predicted molar refractivity (Wildman–Crippen MR) is 100 cm³/mol. The molecule has 0 bridgehead atoms. The number of amides is 1. The van der Waals surface area contributed by atoms with E-state index in [9.17, 15) is 14.7 Å². The summed E-state index contributed by atoms with van der Waals surface area (Å²) in [5, 5.41) is 9.21. The van der Waals surface area contributed by atoms with Gasteiger partial charge in [-0.3, -0.25) is 9.59 Å². The van der Waals surface area contributed by atoms with Crippen molar-refractivity contribution in [3.63, 3.8) is 0 Å². The lowest BCUT2D eigenvalue weighted by Crippen LogP contribution is -2.42. The molecular weight excluding hydrogens is 346 g/mol. The van der Waals surface area contributed by atoms with Gasteiger partial charge in [-0.2, -0.15) is 0 Å². The van der Waals surface area contributed by atoms with Crippen molar-refractivity contribution in [2.24, 2.45) is 5.92 Å². The van der Waals surface area contributed by atoms with Crippen LogP contribution in [0.25, 0.3) is 0 Å². The molecule has 1 aliphatic heterocycles. The maximum Gasteiger partial charge on any atom is 0.308 e. The van der Waals surface area contributed by atoms with Gasteiger partial charge in [0.25, 0.3) is 5.91 Å². The number of carbonyl (C=O) groups excluding carboxylic acids is 1. The molecule has 27 heavy (non-hydrogen) atoms. The number of rotatable bonds is 6. The van der Waals surface area contributed by atoms with E-state index in [0.717, 1.165) is 5.56 Å². The third-order valence-electron chi connectivity index (χ3n) is 4.71. The second kappa shape index (κ2) is 8.58. The molecule has 1 fully saturated rings. The standard InChI is InChI=1S/C21H23NO5/c1-26-19-12-16(20(23)22-11-5-8-17(13-22)21(24)25)9-10-18(19)27-14-15-6-3-2-4-7-15/h2-4,6-7,9-10,12,17H,5,8,11,13-14H2,1H3,(H,24,25)/t17-/m0/s1. The molecule has 0 aromatic heterocycles. The third-order valence-corrected chi connectivity index (χ3v) is 4.71. The summed E-state index contributed by atoms with van der Waals surface area (Å²) in [4.78, 5) is 25.6. The predicted octanol–water partition coefficient (Wildman–Crippen LogP) is 3.21. The van der Waals surface area contributed by atoms with Gasteiger partial charge in [-0.05, 0) is 36.6 Å². The molecule has 1 heterocycles. The Morgan fingerprint density at radius 2 is 1.93 bits per heavy atom. The largest absolute Gasteiger partial charge is 0.493 e. The van der Waals surface area contributed by atoms with Crippen molar-refractivity contribution in [1.29, 1.82) is 0 Å². The monoisotopic (exact) mass is 369 g/mol. The summed E-state index contributed by atoms with van der Waals surface area (Å²) in [5.41, 5.74) is 1.50. The van der Waals surface area contributed by atoms with E-state index in [0.29, 0.717) is 43.1 Å². The summed E-state index contributed by atoms with van der Waals surface area (Å²) >= 11 is 0. The Morgan fingerprint density at radius 3 is 2.63 bits per heavy atom. The number of nitrogens with zero attached hydrogens (tertiary/aromatic N) is 1. The van der Waals surface area contributed by atoms with Crippen molar-refractivity contribution < 1.29 is 24.2 Å². The van der Waals surface area contributed by atoms with Gasteiger partial charge in [0.15, 0.2) is 11.5 Å². The number of piperidine rings is 1. The Morgan fingerprint density at radius 1 is 1.15 bits per heavy atom. The number of benzene rings is 2. The van der Waals surface area contributed by atoms with Gasteiger partial charge in [-0.15, -0.1) is 0 Å². The van der Waals surface area contributed by atoms with E-state index in [1.165, 1.54) is 7.11 Å². The molecule has 142 valence electrons. The molecule has 2 aromatic rings. The van der Waals surface area contributed by atoms with E-state index >= 15 is 0 Å². The van der Waals surface area contributed by atoms with Crippen LogP contribution in [0, 0.1) is 5.92 Å². The van der Waals surface area contributed by atoms with Crippen molar-refractivity contribution >= 4 is 11.9 Å². The third kappa shape index (κ3) is 4.58. The Balaban J connectivity index is 1.71. The van der Waals surface area contributed by atoms with Crippen LogP contribution in [0.3, 0.4) is 0 Å². The second-order valence-corrected chi connectivity index (χ2v) is 6.57. The summed E-state index contributed by atoms with van der Waals surface area (Å²) in [7, 11) is 1.53. The van der Waals surface area contributed by atoms with Gasteiger partial charge in [-0.25, -0.2) is 0 Å². The fourth-order valence-corrected chi connectivity index (χ4v) is 3.20. The molecular formula is C21H23NO5. The topological polar surface area (TPSA) is 76.1 Å². The fraction of sp³-hybridized carbons (Fsp3) is 0.333. The molecule has 0 unspecified atom stereocenters. The van der Waals surface area contributed by atoms with Gasteiger partial charge in [0.05, 0.1) is 13.0 Å². The normalized spacial score (nSPS) is 16.6. The lowest BCUT2D eigenvalue weighted by Gasteiger charge is -2.30. The number of hydrogen-bond acceptors (Lipinski definition) is 4. The summed E-state index contributed by atoms with van der Waals surface area (Å²) < 4.78 is 11.2. The summed E-state index contributed by atoms with van der Waals surface area (Å²) in [6, 6.07) is 14.8. The fourth-order valence-electron chi connectivity index (χ4n) is 3.20. The average Bonchev–Trinajstić information content (AvgIpc) is 2.72. The van der Waals surface area contributed by atoms with E-state index in [2.05, 4.69) is 0 Å². The van der Waals surface area contributed by atoms with E-state index in [1.54, 1.807) is 23.1 Å². The molecule has 6 heteroatoms. The number of aliphatic carboxylic acids is 1. The molecule has 0 saturated carbocycles. The van der Waals surface area contributed by atoms with Gasteiger partial charge >= 0.3 is 5.97 Å². The summed E-state index contributed by atoms with van der Waals surface area (Å²) in [6.45, 7) is 1.21. The highest BCUT2D eigenvalue weighted by atomic mass is 16.5. The van der Waals surface area contributed by atoms with E-state index in [1.807, 2.05) is 30.3 Å². The Kier molecular flexibility index (Phi) is 5.96. The molecule has 0 spiro atoms. The minimum absolute atomic E-state index is 0.186. The summed E-state index contributed by atoms with van der Waals surface area (Å²) in [5.74, 6) is -0.509. The first-order valence-electron chi connectivity index (χ1n) is 8.95. The zero-order chi connectivity index (χ0) is 19.2. The summed E-state index contributed by atoms with van der Waals surface area (Å²) in [6.07, 6.45) is 1.30. The first-order chi connectivity index (χ1) is 13.1. The quantitative estimate of drug-likeness (QED) is 0.846. The molecule has 0 aliphatic carbocycles. The Bertz CT molecular complexity index is 805. The molecule has 1 amide bonds. The van der Waals surface area contributed by atoms with Crippen LogP contribution >= 0.6 is 0 Å². The molecule has 1 N–H and O–H groups in total. The molecule has 2 aromatic carbocycles. The van der Waals surface area contributed by atoms with Crippen LogP contribution in [-0.4, -0.2) is 42.1 Å². The Hall–Kier alpha value is -3.02. The molecule has 1 atom stereocenters. The van der Waals surface area contributed by atoms with Crippen molar-refractivity contribution in [3.05, 3.63) is 59.7 Å². The second-order valence-electron chi connectivity index (χ2n) is 6.57. The number of hydrogen-bond donors (Lipinski definition) is 1. The van der Waals surface area contributed by atoms with Crippen LogP contribution in [0.1, 0.15) is 28.8 Å². The highest BCUT2D eigenvalue weighted by Crippen LogP contribution is 2.30. The number of likely N-dealkylation sites (tertiary alicyclic amines) is 1. The first kappa shape index (κ1) is 18.8.